The summed E-state index contributed by atoms with van der Waals surface area (Å²) in [6, 6.07) is 8.24. The van der Waals surface area contributed by atoms with Crippen molar-refractivity contribution < 1.29 is 28.2 Å². The minimum atomic E-state index is -0.788. The van der Waals surface area contributed by atoms with Crippen LogP contribution in [0.5, 0.6) is 11.5 Å². The number of anilines is 3. The molecule has 13 heteroatoms. The van der Waals surface area contributed by atoms with Crippen molar-refractivity contribution in [2.24, 2.45) is 5.73 Å². The zero-order valence-corrected chi connectivity index (χ0v) is 22.5. The molecule has 0 saturated carbocycles. The van der Waals surface area contributed by atoms with Gasteiger partial charge in [0, 0.05) is 41.9 Å². The van der Waals surface area contributed by atoms with E-state index in [9.17, 15) is 18.7 Å². The Morgan fingerprint density at radius 1 is 1.17 bits per heavy atom. The first-order chi connectivity index (χ1) is 19.9. The average molecular weight is 568 g/mol. The van der Waals surface area contributed by atoms with E-state index in [0.717, 1.165) is 50.6 Å². The average Bonchev–Trinajstić information content (AvgIpc) is 3.59. The number of carbonyl (C=O) groups excluding carboxylic acids is 1. The van der Waals surface area contributed by atoms with Gasteiger partial charge in [0.2, 0.25) is 5.91 Å². The molecule has 1 saturated heterocycles. The molecule has 3 heterocycles. The molecule has 4 aromatic rings. The van der Waals surface area contributed by atoms with E-state index in [1.807, 2.05) is 0 Å². The molecular formula is C28H31F2N7O4. The number of likely N-dealkylation sites (tertiary alicyclic amines) is 1. The molecule has 1 fully saturated rings. The number of aromatic amines is 1. The first-order valence-corrected chi connectivity index (χ1v) is 13.3. The van der Waals surface area contributed by atoms with E-state index in [2.05, 4.69) is 25.1 Å². The largest absolute Gasteiger partial charge is 0.493 e. The zero-order valence-electron chi connectivity index (χ0n) is 22.5. The predicted molar refractivity (Wildman–Crippen MR) is 148 cm³/mol. The van der Waals surface area contributed by atoms with Crippen LogP contribution in [-0.4, -0.2) is 75.5 Å². The Bertz CT molecular complexity index is 1510. The summed E-state index contributed by atoms with van der Waals surface area (Å²) < 4.78 is 40.3. The van der Waals surface area contributed by atoms with Crippen LogP contribution in [0.1, 0.15) is 25.0 Å². The molecule has 2 aromatic carbocycles. The normalized spacial score (nSPS) is 15.4. The maximum Gasteiger partial charge on any atom is 0.223 e. The molecule has 0 spiro atoms. The van der Waals surface area contributed by atoms with Crippen molar-refractivity contribution in [1.82, 2.24) is 25.1 Å². The SMILES string of the molecule is COc1cc2c(N(c3cc(F)cc(F)c3)c3cc(CC(N)=O)[nH]n3)ncnc2cc1OCCCN1CCC[C@H]1CO. The smallest absolute Gasteiger partial charge is 0.223 e. The van der Waals surface area contributed by atoms with Gasteiger partial charge < -0.3 is 20.3 Å². The van der Waals surface area contributed by atoms with Gasteiger partial charge in [-0.1, -0.05) is 0 Å². The van der Waals surface area contributed by atoms with Crippen molar-refractivity contribution >= 4 is 34.1 Å². The van der Waals surface area contributed by atoms with Gasteiger partial charge in [-0.05, 0) is 44.0 Å². The van der Waals surface area contributed by atoms with Crippen LogP contribution in [0.3, 0.4) is 0 Å². The number of methoxy groups -OCH3 is 1. The molecule has 0 radical (unpaired) electrons. The first kappa shape index (κ1) is 28.2. The Morgan fingerprint density at radius 2 is 1.98 bits per heavy atom. The number of hydrogen-bond donors (Lipinski definition) is 3. The Balaban J connectivity index is 1.48. The van der Waals surface area contributed by atoms with Crippen molar-refractivity contribution in [2.45, 2.75) is 31.7 Å². The minimum Gasteiger partial charge on any atom is -0.493 e. The highest BCUT2D eigenvalue weighted by Gasteiger charge is 2.24. The summed E-state index contributed by atoms with van der Waals surface area (Å²) in [5.41, 5.74) is 6.35. The number of carbonyl (C=O) groups is 1. The number of nitrogens with zero attached hydrogens (tertiary/aromatic N) is 5. The van der Waals surface area contributed by atoms with Gasteiger partial charge >= 0.3 is 0 Å². The van der Waals surface area contributed by atoms with Gasteiger partial charge in [0.1, 0.15) is 23.8 Å². The molecule has 1 amide bonds. The molecule has 1 atom stereocenters. The summed E-state index contributed by atoms with van der Waals surface area (Å²) in [7, 11) is 1.51. The lowest BCUT2D eigenvalue weighted by atomic mass is 10.1. The van der Waals surface area contributed by atoms with Crippen LogP contribution in [0, 0.1) is 11.6 Å². The number of amides is 1. The Kier molecular flexibility index (Phi) is 8.55. The molecular weight excluding hydrogens is 536 g/mol. The topological polar surface area (TPSA) is 143 Å². The van der Waals surface area contributed by atoms with Crippen molar-refractivity contribution in [3.8, 4) is 11.5 Å². The van der Waals surface area contributed by atoms with Gasteiger partial charge in [-0.15, -0.1) is 0 Å². The van der Waals surface area contributed by atoms with Gasteiger partial charge in [0.25, 0.3) is 0 Å². The monoisotopic (exact) mass is 567 g/mol. The van der Waals surface area contributed by atoms with Gasteiger partial charge in [0.15, 0.2) is 17.3 Å². The second-order valence-electron chi connectivity index (χ2n) is 9.79. The third-order valence-electron chi connectivity index (χ3n) is 6.99. The molecule has 2 aromatic heterocycles. The summed E-state index contributed by atoms with van der Waals surface area (Å²) >= 11 is 0. The second kappa shape index (κ2) is 12.4. The van der Waals surface area contributed by atoms with Crippen LogP contribution < -0.4 is 20.1 Å². The molecule has 4 N–H and O–H groups in total. The van der Waals surface area contributed by atoms with Crippen molar-refractivity contribution in [3.63, 3.8) is 0 Å². The van der Waals surface area contributed by atoms with E-state index in [4.69, 9.17) is 15.2 Å². The summed E-state index contributed by atoms with van der Waals surface area (Å²) in [5, 5.41) is 17.0. The number of nitrogens with one attached hydrogen (secondary N) is 1. The van der Waals surface area contributed by atoms with Crippen LogP contribution in [0.25, 0.3) is 10.9 Å². The van der Waals surface area contributed by atoms with E-state index < -0.39 is 17.5 Å². The Morgan fingerprint density at radius 3 is 2.71 bits per heavy atom. The number of nitrogens with two attached hydrogens (primary N) is 1. The number of primary amides is 1. The Labute approximate surface area is 234 Å². The van der Waals surface area contributed by atoms with E-state index in [0.29, 0.717) is 34.7 Å². The summed E-state index contributed by atoms with van der Waals surface area (Å²) in [6.45, 7) is 2.37. The van der Waals surface area contributed by atoms with Gasteiger partial charge in [-0.25, -0.2) is 18.7 Å². The number of aliphatic hydroxyl groups is 1. The number of ether oxygens (including phenoxy) is 2. The third-order valence-corrected chi connectivity index (χ3v) is 6.99. The standard InChI is InChI=1S/C28H31F2N7O4/c1-40-24-13-22-23(14-25(24)41-7-3-6-36-5-2-4-20(36)15-38)32-16-33-28(22)37(21-9-17(29)8-18(30)10-21)27-12-19(34-35-27)11-26(31)39/h8-10,12-14,16,20,38H,2-7,11,15H2,1H3,(H2,31,39)(H,34,35)/t20-/m0/s1. The molecule has 11 nitrogen and oxygen atoms in total. The molecule has 41 heavy (non-hydrogen) atoms. The summed E-state index contributed by atoms with van der Waals surface area (Å²) in [4.78, 5) is 24.0. The van der Waals surface area contributed by atoms with E-state index in [1.165, 1.54) is 18.3 Å². The lowest BCUT2D eigenvalue weighted by Crippen LogP contribution is -2.33. The van der Waals surface area contributed by atoms with Crippen LogP contribution >= 0.6 is 0 Å². The predicted octanol–water partition coefficient (Wildman–Crippen LogP) is 3.36. The van der Waals surface area contributed by atoms with Crippen LogP contribution in [0.15, 0.2) is 42.7 Å². The van der Waals surface area contributed by atoms with E-state index in [-0.39, 0.29) is 36.4 Å². The minimum absolute atomic E-state index is 0.101. The fourth-order valence-electron chi connectivity index (χ4n) is 5.12. The number of benzene rings is 2. The van der Waals surface area contributed by atoms with Crippen molar-refractivity contribution in [3.05, 3.63) is 60.1 Å². The number of rotatable bonds is 12. The molecule has 0 unspecified atom stereocenters. The highest BCUT2D eigenvalue weighted by molar-refractivity contribution is 5.96. The maximum atomic E-state index is 14.3. The number of aromatic nitrogens is 4. The first-order valence-electron chi connectivity index (χ1n) is 13.3. The molecule has 5 rings (SSSR count). The number of hydrogen-bond acceptors (Lipinski definition) is 9. The highest BCUT2D eigenvalue weighted by Crippen LogP contribution is 2.40. The molecule has 216 valence electrons. The highest BCUT2D eigenvalue weighted by atomic mass is 19.1. The fourth-order valence-corrected chi connectivity index (χ4v) is 5.12. The van der Waals surface area contributed by atoms with Crippen LogP contribution in [-0.2, 0) is 11.2 Å². The second-order valence-corrected chi connectivity index (χ2v) is 9.79. The molecule has 1 aliphatic rings. The molecule has 0 aliphatic carbocycles. The lowest BCUT2D eigenvalue weighted by molar-refractivity contribution is -0.117. The number of halogens is 2. The van der Waals surface area contributed by atoms with Crippen LogP contribution in [0.4, 0.5) is 26.1 Å². The van der Waals surface area contributed by atoms with Gasteiger partial charge in [-0.3, -0.25) is 19.7 Å². The third kappa shape index (κ3) is 6.36. The van der Waals surface area contributed by atoms with Crippen LogP contribution in [0.2, 0.25) is 0 Å². The van der Waals surface area contributed by atoms with Gasteiger partial charge in [-0.2, -0.15) is 5.10 Å². The summed E-state index contributed by atoms with van der Waals surface area (Å²) in [5.74, 6) is -0.740. The fraction of sp³-hybridized carbons (Fsp3) is 0.357. The van der Waals surface area contributed by atoms with E-state index in [1.54, 1.807) is 18.2 Å². The van der Waals surface area contributed by atoms with Crippen molar-refractivity contribution in [2.75, 3.05) is 38.3 Å². The number of aliphatic hydroxyl groups excluding tert-OH is 1. The van der Waals surface area contributed by atoms with E-state index >= 15 is 0 Å². The summed E-state index contributed by atoms with van der Waals surface area (Å²) in [6.07, 6.45) is 4.07. The Hall–Kier alpha value is -4.36. The number of H-pyrrole nitrogens is 1. The molecule has 1 aliphatic heterocycles. The van der Waals surface area contributed by atoms with Crippen molar-refractivity contribution in [1.29, 1.82) is 0 Å². The quantitative estimate of drug-likeness (QED) is 0.220. The maximum absolute atomic E-state index is 14.3. The van der Waals surface area contributed by atoms with Gasteiger partial charge in [0.05, 0.1) is 37.9 Å². The lowest BCUT2D eigenvalue weighted by Gasteiger charge is -2.23. The molecule has 0 bridgehead atoms. The number of fused-ring (bicyclic) bond motifs is 1. The zero-order chi connectivity index (χ0) is 28.9.